The van der Waals surface area contributed by atoms with Crippen molar-refractivity contribution in [2.24, 2.45) is 5.92 Å². The zero-order chi connectivity index (χ0) is 36.0. The highest BCUT2D eigenvalue weighted by Gasteiger charge is 2.66. The number of hydrogen-bond acceptors (Lipinski definition) is 7. The Hall–Kier alpha value is -3.74. The van der Waals surface area contributed by atoms with Gasteiger partial charge in [0, 0.05) is 28.7 Å². The van der Waals surface area contributed by atoms with Crippen molar-refractivity contribution in [3.8, 4) is 5.75 Å². The first-order valence-electron chi connectivity index (χ1n) is 17.2. The summed E-state index contributed by atoms with van der Waals surface area (Å²) in [6.07, 6.45) is -0.0617. The molecule has 6 atom stereocenters. The van der Waals surface area contributed by atoms with Gasteiger partial charge in [-0.25, -0.2) is 0 Å². The van der Waals surface area contributed by atoms with Gasteiger partial charge in [-0.1, -0.05) is 61.1 Å². The smallest absolute Gasteiger partial charge is 0.264 e. The lowest BCUT2D eigenvalue weighted by atomic mass is 9.82. The van der Waals surface area contributed by atoms with Crippen LogP contribution in [0.25, 0.3) is 0 Å². The van der Waals surface area contributed by atoms with Crippen LogP contribution in [0, 0.1) is 5.92 Å². The van der Waals surface area contributed by atoms with E-state index in [2.05, 4.69) is 37.5 Å². The number of likely N-dealkylation sites (tertiary alicyclic amines) is 1. The molecule has 0 aliphatic carbocycles. The Morgan fingerprint density at radius 2 is 1.88 bits per heavy atom. The summed E-state index contributed by atoms with van der Waals surface area (Å²) in [7, 11) is -0.857. The van der Waals surface area contributed by atoms with Crippen molar-refractivity contribution in [3.63, 3.8) is 0 Å². The summed E-state index contributed by atoms with van der Waals surface area (Å²) >= 11 is 6.64. The number of benzene rings is 3. The summed E-state index contributed by atoms with van der Waals surface area (Å²) < 4.78 is 12.6. The summed E-state index contributed by atoms with van der Waals surface area (Å²) in [4.78, 5) is 44.7. The van der Waals surface area contributed by atoms with Crippen molar-refractivity contribution in [3.05, 3.63) is 82.9 Å². The van der Waals surface area contributed by atoms with E-state index in [0.717, 1.165) is 29.3 Å². The molecule has 3 amide bonds. The first-order valence-corrected chi connectivity index (χ1v) is 20.7. The fourth-order valence-electron chi connectivity index (χ4n) is 8.46. The van der Waals surface area contributed by atoms with Gasteiger partial charge < -0.3 is 34.8 Å². The number of carbonyl (C=O) groups excluding carboxylic acids is 3. The van der Waals surface area contributed by atoms with E-state index in [-0.39, 0.29) is 48.9 Å². The maximum atomic E-state index is 15.1. The average molecular weight is 720 g/mol. The van der Waals surface area contributed by atoms with Gasteiger partial charge in [0.15, 0.2) is 5.60 Å². The molecular formula is C38H46ClN3O7Si. The molecule has 50 heavy (non-hydrogen) atoms. The standard InChI is InChI=1S/C38H46ClN3O7Si/c1-23-35(50(4,5)30-14-12-29(48-3)13-15-30)33(20-34(45)41-17-7-10-28(41)22-43)49-38(23)31-19-26(39)11-16-32(31)42(37(38)47)21-25-8-6-9-27(18-25)40-36(46)24(2)44/h6,8-9,11-16,18-19,23-24,28,33,35,43-44H,7,10,17,20-22H2,1-5H3,(H,40,46)/t23-,24-,28-,33+,35-,38+/m0/s1. The number of nitrogens with one attached hydrogen (secondary N) is 1. The number of aliphatic hydroxyl groups excluding tert-OH is 2. The Bertz CT molecular complexity index is 1770. The molecule has 0 saturated carbocycles. The highest BCUT2D eigenvalue weighted by Crippen LogP contribution is 2.60. The van der Waals surface area contributed by atoms with Gasteiger partial charge in [0.05, 0.1) is 52.6 Å². The predicted octanol–water partition coefficient (Wildman–Crippen LogP) is 4.80. The van der Waals surface area contributed by atoms with Crippen LogP contribution in [0.4, 0.5) is 11.4 Å². The average Bonchev–Trinajstić information content (AvgIpc) is 3.75. The van der Waals surface area contributed by atoms with Crippen molar-refractivity contribution in [1.29, 1.82) is 0 Å². The van der Waals surface area contributed by atoms with Crippen LogP contribution in [0.5, 0.6) is 5.75 Å². The van der Waals surface area contributed by atoms with E-state index in [1.54, 1.807) is 41.2 Å². The third-order valence-corrected chi connectivity index (χ3v) is 15.6. The Balaban J connectivity index is 1.41. The highest BCUT2D eigenvalue weighted by molar-refractivity contribution is 6.91. The third-order valence-electron chi connectivity index (χ3n) is 11.0. The topological polar surface area (TPSA) is 129 Å². The first-order chi connectivity index (χ1) is 23.8. The minimum atomic E-state index is -2.49. The summed E-state index contributed by atoms with van der Waals surface area (Å²) in [6, 6.07) is 20.4. The van der Waals surface area contributed by atoms with Gasteiger partial charge in [-0.2, -0.15) is 0 Å². The molecule has 0 unspecified atom stereocenters. The van der Waals surface area contributed by atoms with E-state index in [1.165, 1.54) is 6.92 Å². The lowest BCUT2D eigenvalue weighted by Gasteiger charge is -2.37. The summed E-state index contributed by atoms with van der Waals surface area (Å²) in [6.45, 7) is 8.70. The number of amides is 3. The predicted molar refractivity (Wildman–Crippen MR) is 195 cm³/mol. The molecule has 3 aliphatic rings. The lowest BCUT2D eigenvalue weighted by Crippen LogP contribution is -2.52. The second-order valence-electron chi connectivity index (χ2n) is 14.3. The molecular weight excluding hydrogens is 674 g/mol. The monoisotopic (exact) mass is 719 g/mol. The Kier molecular flexibility index (Phi) is 10.2. The number of hydrogen-bond donors (Lipinski definition) is 3. The Labute approximate surface area is 299 Å². The van der Waals surface area contributed by atoms with E-state index in [4.69, 9.17) is 21.1 Å². The molecule has 6 rings (SSSR count). The molecule has 12 heteroatoms. The quantitative estimate of drug-likeness (QED) is 0.257. The van der Waals surface area contributed by atoms with E-state index < -0.39 is 31.8 Å². The van der Waals surface area contributed by atoms with Crippen LogP contribution in [0.15, 0.2) is 66.7 Å². The number of ether oxygens (including phenoxy) is 2. The molecule has 2 saturated heterocycles. The van der Waals surface area contributed by atoms with Gasteiger partial charge in [0.2, 0.25) is 5.91 Å². The molecule has 3 aromatic rings. The van der Waals surface area contributed by atoms with E-state index >= 15 is 4.79 Å². The van der Waals surface area contributed by atoms with Crippen molar-refractivity contribution in [2.75, 3.05) is 30.5 Å². The molecule has 0 bridgehead atoms. The first kappa shape index (κ1) is 36.1. The van der Waals surface area contributed by atoms with Crippen LogP contribution in [-0.2, 0) is 31.3 Å². The molecule has 0 radical (unpaired) electrons. The normalized spacial score (nSPS) is 25.2. The second-order valence-corrected chi connectivity index (χ2v) is 19.5. The Morgan fingerprint density at radius 1 is 1.14 bits per heavy atom. The van der Waals surface area contributed by atoms with Crippen LogP contribution in [0.1, 0.15) is 44.2 Å². The molecule has 3 aliphatic heterocycles. The fraction of sp³-hybridized carbons (Fsp3) is 0.447. The minimum Gasteiger partial charge on any atom is -0.497 e. The molecule has 266 valence electrons. The number of methoxy groups -OCH3 is 1. The van der Waals surface area contributed by atoms with Gasteiger partial charge >= 0.3 is 0 Å². The summed E-state index contributed by atoms with van der Waals surface area (Å²) in [5, 5.41) is 24.1. The van der Waals surface area contributed by atoms with Crippen LogP contribution >= 0.6 is 11.6 Å². The number of halogens is 1. The van der Waals surface area contributed by atoms with Crippen molar-refractivity contribution in [2.45, 2.75) is 82.1 Å². The van der Waals surface area contributed by atoms with Gasteiger partial charge in [0.25, 0.3) is 11.8 Å². The van der Waals surface area contributed by atoms with Gasteiger partial charge in [0.1, 0.15) is 11.9 Å². The number of rotatable bonds is 10. The number of anilines is 2. The van der Waals surface area contributed by atoms with Gasteiger partial charge in [-0.05, 0) is 73.3 Å². The van der Waals surface area contributed by atoms with Gasteiger partial charge in [-0.15, -0.1) is 0 Å². The van der Waals surface area contributed by atoms with E-state index in [0.29, 0.717) is 28.5 Å². The number of carbonyl (C=O) groups is 3. The second kappa shape index (κ2) is 14.1. The Morgan fingerprint density at radius 3 is 2.56 bits per heavy atom. The van der Waals surface area contributed by atoms with Crippen LogP contribution < -0.4 is 20.1 Å². The van der Waals surface area contributed by atoms with E-state index in [1.807, 2.05) is 30.3 Å². The summed E-state index contributed by atoms with van der Waals surface area (Å²) in [5.74, 6) is -0.412. The van der Waals surface area contributed by atoms with Crippen molar-refractivity contribution >= 4 is 54.0 Å². The lowest BCUT2D eigenvalue weighted by molar-refractivity contribution is -0.150. The molecule has 0 aromatic heterocycles. The largest absolute Gasteiger partial charge is 0.497 e. The summed E-state index contributed by atoms with van der Waals surface area (Å²) in [5.41, 5.74) is 1.08. The number of aliphatic hydroxyl groups is 2. The maximum Gasteiger partial charge on any atom is 0.264 e. The fourth-order valence-corrected chi connectivity index (χ4v) is 12.6. The number of nitrogens with zero attached hydrogens (tertiary/aromatic N) is 2. The minimum absolute atomic E-state index is 0.0787. The molecule has 3 heterocycles. The third kappa shape index (κ3) is 6.34. The number of fused-ring (bicyclic) bond motifs is 2. The molecule has 2 fully saturated rings. The zero-order valence-corrected chi connectivity index (χ0v) is 30.9. The molecule has 3 N–H and O–H groups in total. The molecule has 10 nitrogen and oxygen atoms in total. The maximum absolute atomic E-state index is 15.1. The van der Waals surface area contributed by atoms with Gasteiger partial charge in [-0.3, -0.25) is 14.4 Å². The highest BCUT2D eigenvalue weighted by atomic mass is 35.5. The van der Waals surface area contributed by atoms with Crippen LogP contribution in [-0.4, -0.2) is 79.4 Å². The molecule has 3 aromatic carbocycles. The van der Waals surface area contributed by atoms with Crippen LogP contribution in [0.2, 0.25) is 23.7 Å². The van der Waals surface area contributed by atoms with Crippen LogP contribution in [0.3, 0.4) is 0 Å². The van der Waals surface area contributed by atoms with Crippen molar-refractivity contribution in [1.82, 2.24) is 4.90 Å². The molecule has 1 spiro atoms. The SMILES string of the molecule is COc1ccc([Si](C)(C)[C@@H]2[C@@H](CC(=O)N3CCC[C@H]3CO)O[C@]3(C(=O)N(Cc4cccc(NC(=O)[C@H](C)O)c4)c4ccc(Cl)cc43)[C@H]2C)cc1. The zero-order valence-electron chi connectivity index (χ0n) is 29.2. The van der Waals surface area contributed by atoms with E-state index in [9.17, 15) is 19.8 Å². The van der Waals surface area contributed by atoms with Crippen molar-refractivity contribution < 1.29 is 34.1 Å².